The van der Waals surface area contributed by atoms with Gasteiger partial charge in [-0.2, -0.15) is 0 Å². The molecule has 1 aromatic heterocycles. The van der Waals surface area contributed by atoms with Crippen LogP contribution in [0.15, 0.2) is 40.9 Å². The maximum Gasteiger partial charge on any atom is 0.162 e. The number of allylic oxidation sites excluding steroid dienone is 2. The first kappa shape index (κ1) is 17.2. The molecule has 0 saturated heterocycles. The van der Waals surface area contributed by atoms with Gasteiger partial charge in [0.25, 0.3) is 0 Å². The van der Waals surface area contributed by atoms with Gasteiger partial charge < -0.3 is 14.8 Å². The number of methoxy groups -OCH3 is 2. The van der Waals surface area contributed by atoms with Crippen molar-refractivity contribution in [2.75, 3.05) is 19.5 Å². The number of fused-ring (bicyclic) bond motifs is 1. The monoisotopic (exact) mass is 369 g/mol. The van der Waals surface area contributed by atoms with Crippen LogP contribution >= 0.6 is 11.3 Å². The molecule has 136 valence electrons. The molecule has 0 unspecified atom stereocenters. The average Bonchev–Trinajstić information content (AvgIpc) is 3.11. The molecule has 1 aliphatic carbocycles. The second-order valence-corrected chi connectivity index (χ2v) is 8.68. The third-order valence-electron chi connectivity index (χ3n) is 5.19. The van der Waals surface area contributed by atoms with E-state index in [9.17, 15) is 4.79 Å². The molecule has 5 heteroatoms. The lowest BCUT2D eigenvalue weighted by Crippen LogP contribution is -2.33. The first-order chi connectivity index (χ1) is 12.4. The Hall–Kier alpha value is -2.27. The highest BCUT2D eigenvalue weighted by Crippen LogP contribution is 2.51. The van der Waals surface area contributed by atoms with Crippen LogP contribution in [0.25, 0.3) is 0 Å². The maximum atomic E-state index is 13.1. The van der Waals surface area contributed by atoms with Gasteiger partial charge in [-0.05, 0) is 34.9 Å². The minimum absolute atomic E-state index is 0.0308. The van der Waals surface area contributed by atoms with Gasteiger partial charge in [-0.25, -0.2) is 0 Å². The van der Waals surface area contributed by atoms with Gasteiger partial charge in [0.05, 0.1) is 20.1 Å². The molecule has 0 spiro atoms. The molecule has 0 radical (unpaired) electrons. The summed E-state index contributed by atoms with van der Waals surface area (Å²) in [7, 11) is 3.28. The SMILES string of the molecule is COc1cc2c(cc1OC)[C@H](c1cccs1)C1=C(CC(C)(C)CC1=O)N2. The lowest BCUT2D eigenvalue weighted by molar-refractivity contribution is -0.118. The number of thiophene rings is 1. The van der Waals surface area contributed by atoms with Crippen LogP contribution in [0.3, 0.4) is 0 Å². The number of rotatable bonds is 3. The highest BCUT2D eigenvalue weighted by Gasteiger charge is 2.41. The van der Waals surface area contributed by atoms with E-state index in [1.165, 1.54) is 4.88 Å². The van der Waals surface area contributed by atoms with Crippen molar-refractivity contribution in [2.45, 2.75) is 32.6 Å². The van der Waals surface area contributed by atoms with Gasteiger partial charge in [-0.1, -0.05) is 19.9 Å². The molecule has 0 fully saturated rings. The van der Waals surface area contributed by atoms with Crippen molar-refractivity contribution in [3.63, 3.8) is 0 Å². The van der Waals surface area contributed by atoms with Gasteiger partial charge in [-0.3, -0.25) is 4.79 Å². The average molecular weight is 369 g/mol. The first-order valence-electron chi connectivity index (χ1n) is 8.76. The highest BCUT2D eigenvalue weighted by atomic mass is 32.1. The molecule has 1 N–H and O–H groups in total. The van der Waals surface area contributed by atoms with Crippen LogP contribution in [0.4, 0.5) is 5.69 Å². The molecule has 2 aliphatic rings. The number of nitrogens with one attached hydrogen (secondary N) is 1. The van der Waals surface area contributed by atoms with Crippen LogP contribution in [0, 0.1) is 5.41 Å². The predicted octanol–water partition coefficient (Wildman–Crippen LogP) is 4.97. The quantitative estimate of drug-likeness (QED) is 0.830. The summed E-state index contributed by atoms with van der Waals surface area (Å²) in [6, 6.07) is 8.13. The Balaban J connectivity index is 1.94. The predicted molar refractivity (Wildman–Crippen MR) is 104 cm³/mol. The van der Waals surface area contributed by atoms with Crippen molar-refractivity contribution in [1.29, 1.82) is 0 Å². The Morgan fingerprint density at radius 2 is 1.88 bits per heavy atom. The number of ether oxygens (including phenoxy) is 2. The van der Waals surface area contributed by atoms with E-state index >= 15 is 0 Å². The summed E-state index contributed by atoms with van der Waals surface area (Å²) < 4.78 is 11.0. The number of hydrogen-bond acceptors (Lipinski definition) is 5. The van der Waals surface area contributed by atoms with Gasteiger partial charge in [-0.15, -0.1) is 11.3 Å². The van der Waals surface area contributed by atoms with E-state index in [0.29, 0.717) is 17.9 Å². The van der Waals surface area contributed by atoms with Crippen molar-refractivity contribution < 1.29 is 14.3 Å². The lowest BCUT2D eigenvalue weighted by atomic mass is 9.70. The van der Waals surface area contributed by atoms with Crippen LogP contribution in [-0.2, 0) is 4.79 Å². The van der Waals surface area contributed by atoms with Crippen LogP contribution in [0.2, 0.25) is 0 Å². The molecule has 0 bridgehead atoms. The van der Waals surface area contributed by atoms with E-state index in [1.54, 1.807) is 25.6 Å². The van der Waals surface area contributed by atoms with Crippen LogP contribution < -0.4 is 14.8 Å². The smallest absolute Gasteiger partial charge is 0.162 e. The second kappa shape index (κ2) is 6.16. The standard InChI is InChI=1S/C21H23NO3S/c1-21(2)10-14-20(15(23)11-21)19(18-6-5-7-26-18)12-8-16(24-3)17(25-4)9-13(12)22-14/h5-9,19,22H,10-11H2,1-4H3/t19-/m1/s1. The van der Waals surface area contributed by atoms with Gasteiger partial charge >= 0.3 is 0 Å². The maximum absolute atomic E-state index is 13.1. The topological polar surface area (TPSA) is 47.6 Å². The molecule has 2 aromatic rings. The Bertz CT molecular complexity index is 896. The second-order valence-electron chi connectivity index (χ2n) is 7.70. The van der Waals surface area contributed by atoms with Crippen molar-refractivity contribution in [2.24, 2.45) is 5.41 Å². The van der Waals surface area contributed by atoms with Crippen molar-refractivity contribution in [3.8, 4) is 11.5 Å². The fraction of sp³-hybridized carbons (Fsp3) is 0.381. The summed E-state index contributed by atoms with van der Waals surface area (Å²) in [4.78, 5) is 14.3. The first-order valence-corrected chi connectivity index (χ1v) is 9.64. The molecule has 4 rings (SSSR count). The number of benzene rings is 1. The lowest BCUT2D eigenvalue weighted by Gasteiger charge is -2.39. The number of anilines is 1. The number of Topliss-reactive ketones (excluding diaryl/α,β-unsaturated/α-hetero) is 1. The zero-order chi connectivity index (χ0) is 18.5. The van der Waals surface area contributed by atoms with Crippen LogP contribution in [-0.4, -0.2) is 20.0 Å². The van der Waals surface area contributed by atoms with Gasteiger partial charge in [0.2, 0.25) is 0 Å². The van der Waals surface area contributed by atoms with Gasteiger partial charge in [0.15, 0.2) is 17.3 Å². The van der Waals surface area contributed by atoms with Gasteiger partial charge in [0, 0.05) is 34.3 Å². The van der Waals surface area contributed by atoms with E-state index in [2.05, 4.69) is 30.6 Å². The number of hydrogen-bond donors (Lipinski definition) is 1. The molecule has 4 nitrogen and oxygen atoms in total. The van der Waals surface area contributed by atoms with E-state index < -0.39 is 0 Å². The fourth-order valence-electron chi connectivity index (χ4n) is 4.09. The summed E-state index contributed by atoms with van der Waals surface area (Å²) in [6.07, 6.45) is 1.45. The molecule has 1 aromatic carbocycles. The largest absolute Gasteiger partial charge is 0.493 e. The zero-order valence-corrected chi connectivity index (χ0v) is 16.3. The number of carbonyl (C=O) groups is 1. The molecule has 0 saturated carbocycles. The molecular weight excluding hydrogens is 346 g/mol. The Morgan fingerprint density at radius 3 is 2.54 bits per heavy atom. The Labute approximate surface area is 157 Å². The van der Waals surface area contributed by atoms with E-state index in [-0.39, 0.29) is 17.1 Å². The normalized spacial score (nSPS) is 20.9. The number of ketones is 1. The third-order valence-corrected chi connectivity index (χ3v) is 6.13. The van der Waals surface area contributed by atoms with Crippen LogP contribution in [0.1, 0.15) is 43.0 Å². The molecule has 2 heterocycles. The van der Waals surface area contributed by atoms with Crippen molar-refractivity contribution >= 4 is 22.8 Å². The Kier molecular flexibility index (Phi) is 4.07. The summed E-state index contributed by atoms with van der Waals surface area (Å²) in [5.74, 6) is 1.56. The molecule has 0 amide bonds. The number of carbonyl (C=O) groups excluding carboxylic acids is 1. The van der Waals surface area contributed by atoms with E-state index in [1.807, 2.05) is 18.2 Å². The minimum Gasteiger partial charge on any atom is -0.493 e. The van der Waals surface area contributed by atoms with Crippen molar-refractivity contribution in [3.05, 3.63) is 51.4 Å². The van der Waals surface area contributed by atoms with Crippen molar-refractivity contribution in [1.82, 2.24) is 0 Å². The summed E-state index contributed by atoms with van der Waals surface area (Å²) >= 11 is 1.69. The third kappa shape index (κ3) is 2.71. The van der Waals surface area contributed by atoms with E-state index in [4.69, 9.17) is 9.47 Å². The minimum atomic E-state index is -0.0512. The molecule has 26 heavy (non-hydrogen) atoms. The molecule has 1 aliphatic heterocycles. The zero-order valence-electron chi connectivity index (χ0n) is 15.5. The van der Waals surface area contributed by atoms with Crippen LogP contribution in [0.5, 0.6) is 11.5 Å². The van der Waals surface area contributed by atoms with Gasteiger partial charge in [0.1, 0.15) is 0 Å². The summed E-state index contributed by atoms with van der Waals surface area (Å²) in [5, 5.41) is 5.60. The Morgan fingerprint density at radius 1 is 1.15 bits per heavy atom. The molecular formula is C21H23NO3S. The summed E-state index contributed by atoms with van der Waals surface area (Å²) in [5.41, 5.74) is 3.98. The summed E-state index contributed by atoms with van der Waals surface area (Å²) in [6.45, 7) is 4.31. The molecule has 1 atom stereocenters. The fourth-order valence-corrected chi connectivity index (χ4v) is 4.94. The van der Waals surface area contributed by atoms with E-state index in [0.717, 1.165) is 28.9 Å². The highest BCUT2D eigenvalue weighted by molar-refractivity contribution is 7.10.